The van der Waals surface area contributed by atoms with Gasteiger partial charge in [0.15, 0.2) is 5.11 Å². The lowest BCUT2D eigenvalue weighted by Crippen LogP contribution is -2.40. The third kappa shape index (κ3) is 3.44. The molecule has 1 aromatic rings. The maximum Gasteiger partial charge on any atom is 0.176 e. The van der Waals surface area contributed by atoms with Crippen molar-refractivity contribution in [1.29, 1.82) is 0 Å². The third-order valence-corrected chi connectivity index (χ3v) is 3.34. The fourth-order valence-corrected chi connectivity index (χ4v) is 2.39. The van der Waals surface area contributed by atoms with Crippen molar-refractivity contribution in [3.8, 4) is 5.75 Å². The number of aliphatic imine (C=N–C) groups is 1. The SMILES string of the molecule is COc1ccc(N(C(N)=S)C2=NCCCCC2)cc1. The molecule has 1 aliphatic rings. The molecular weight excluding hydrogens is 258 g/mol. The number of nitrogens with zero attached hydrogens (tertiary/aromatic N) is 2. The van der Waals surface area contributed by atoms with E-state index in [0.29, 0.717) is 5.11 Å². The average Bonchev–Trinajstić information content (AvgIpc) is 2.68. The van der Waals surface area contributed by atoms with Crippen LogP contribution in [0.2, 0.25) is 0 Å². The number of amidine groups is 1. The van der Waals surface area contributed by atoms with E-state index < -0.39 is 0 Å². The predicted octanol–water partition coefficient (Wildman–Crippen LogP) is 2.72. The van der Waals surface area contributed by atoms with Crippen molar-refractivity contribution in [2.75, 3.05) is 18.6 Å². The first-order valence-electron chi connectivity index (χ1n) is 6.49. The lowest BCUT2D eigenvalue weighted by atomic mass is 10.2. The van der Waals surface area contributed by atoms with Crippen LogP contribution in [-0.2, 0) is 0 Å². The molecule has 0 bridgehead atoms. The Morgan fingerprint density at radius 2 is 2.00 bits per heavy atom. The van der Waals surface area contributed by atoms with Crippen LogP contribution in [0.1, 0.15) is 25.7 Å². The number of hydrogen-bond donors (Lipinski definition) is 1. The molecule has 0 saturated heterocycles. The van der Waals surface area contributed by atoms with Crippen LogP contribution in [0.25, 0.3) is 0 Å². The molecule has 0 amide bonds. The smallest absolute Gasteiger partial charge is 0.176 e. The quantitative estimate of drug-likeness (QED) is 0.845. The molecular formula is C14H19N3OS. The van der Waals surface area contributed by atoms with Gasteiger partial charge in [-0.15, -0.1) is 0 Å². The fourth-order valence-electron chi connectivity index (χ4n) is 2.18. The van der Waals surface area contributed by atoms with Gasteiger partial charge in [0.05, 0.1) is 7.11 Å². The van der Waals surface area contributed by atoms with Gasteiger partial charge in [-0.2, -0.15) is 0 Å². The van der Waals surface area contributed by atoms with E-state index in [2.05, 4.69) is 4.99 Å². The first kappa shape index (κ1) is 13.8. The summed E-state index contributed by atoms with van der Waals surface area (Å²) in [6, 6.07) is 7.70. The molecule has 0 spiro atoms. The van der Waals surface area contributed by atoms with Gasteiger partial charge in [0.2, 0.25) is 0 Å². The second-order valence-electron chi connectivity index (χ2n) is 4.48. The highest BCUT2D eigenvalue weighted by Crippen LogP contribution is 2.22. The van der Waals surface area contributed by atoms with Gasteiger partial charge in [0.25, 0.3) is 0 Å². The molecule has 1 aromatic carbocycles. The van der Waals surface area contributed by atoms with Gasteiger partial charge in [-0.25, -0.2) is 0 Å². The molecule has 19 heavy (non-hydrogen) atoms. The minimum atomic E-state index is 0.339. The molecule has 0 aliphatic carbocycles. The summed E-state index contributed by atoms with van der Waals surface area (Å²) < 4.78 is 5.16. The number of rotatable bonds is 2. The van der Waals surface area contributed by atoms with Crippen LogP contribution >= 0.6 is 12.2 Å². The van der Waals surface area contributed by atoms with Crippen LogP contribution in [-0.4, -0.2) is 24.6 Å². The Bertz CT molecular complexity index is 470. The van der Waals surface area contributed by atoms with E-state index >= 15 is 0 Å². The molecule has 0 fully saturated rings. The van der Waals surface area contributed by atoms with Crippen molar-refractivity contribution in [3.05, 3.63) is 24.3 Å². The first-order valence-corrected chi connectivity index (χ1v) is 6.90. The van der Waals surface area contributed by atoms with Gasteiger partial charge in [0, 0.05) is 18.7 Å². The fraction of sp³-hybridized carbons (Fsp3) is 0.429. The number of methoxy groups -OCH3 is 1. The molecule has 4 nitrogen and oxygen atoms in total. The van der Waals surface area contributed by atoms with Crippen molar-refractivity contribution in [3.63, 3.8) is 0 Å². The first-order chi connectivity index (χ1) is 9.22. The summed E-state index contributed by atoms with van der Waals surface area (Å²) in [4.78, 5) is 6.47. The zero-order chi connectivity index (χ0) is 13.7. The van der Waals surface area contributed by atoms with E-state index in [9.17, 15) is 0 Å². The summed E-state index contributed by atoms with van der Waals surface area (Å²) in [5.74, 6) is 1.78. The summed E-state index contributed by atoms with van der Waals surface area (Å²) in [5.41, 5.74) is 6.81. The van der Waals surface area contributed by atoms with Crippen molar-refractivity contribution < 1.29 is 4.74 Å². The number of anilines is 1. The van der Waals surface area contributed by atoms with Crippen LogP contribution in [0, 0.1) is 0 Å². The van der Waals surface area contributed by atoms with E-state index in [1.807, 2.05) is 29.2 Å². The van der Waals surface area contributed by atoms with Gasteiger partial charge >= 0.3 is 0 Å². The van der Waals surface area contributed by atoms with Crippen molar-refractivity contribution in [2.45, 2.75) is 25.7 Å². The zero-order valence-electron chi connectivity index (χ0n) is 11.1. The summed E-state index contributed by atoms with van der Waals surface area (Å²) in [7, 11) is 1.65. The third-order valence-electron chi connectivity index (χ3n) is 3.16. The number of nitrogens with two attached hydrogens (primary N) is 1. The van der Waals surface area contributed by atoms with Gasteiger partial charge in [-0.3, -0.25) is 9.89 Å². The maximum atomic E-state index is 5.87. The highest BCUT2D eigenvalue weighted by Gasteiger charge is 2.17. The monoisotopic (exact) mass is 277 g/mol. The number of ether oxygens (including phenoxy) is 1. The Morgan fingerprint density at radius 1 is 1.26 bits per heavy atom. The Labute approximate surface area is 119 Å². The molecule has 2 rings (SSSR count). The van der Waals surface area contributed by atoms with Crippen LogP contribution in [0.3, 0.4) is 0 Å². The minimum Gasteiger partial charge on any atom is -0.497 e. The number of thiocarbonyl (C=S) groups is 1. The van der Waals surface area contributed by atoms with Crippen LogP contribution < -0.4 is 15.4 Å². The molecule has 0 radical (unpaired) electrons. The summed E-state index contributed by atoms with van der Waals surface area (Å²) >= 11 is 5.18. The highest BCUT2D eigenvalue weighted by molar-refractivity contribution is 7.80. The van der Waals surface area contributed by atoms with Crippen LogP contribution in [0.15, 0.2) is 29.3 Å². The molecule has 2 N–H and O–H groups in total. The molecule has 1 heterocycles. The Balaban J connectivity index is 2.28. The normalized spacial score (nSPS) is 15.3. The second kappa shape index (κ2) is 6.52. The number of benzene rings is 1. The minimum absolute atomic E-state index is 0.339. The lowest BCUT2D eigenvalue weighted by Gasteiger charge is -2.24. The Kier molecular flexibility index (Phi) is 4.74. The predicted molar refractivity (Wildman–Crippen MR) is 83.0 cm³/mol. The second-order valence-corrected chi connectivity index (χ2v) is 4.90. The van der Waals surface area contributed by atoms with E-state index in [4.69, 9.17) is 22.7 Å². The summed E-state index contributed by atoms with van der Waals surface area (Å²) in [6.45, 7) is 0.852. The highest BCUT2D eigenvalue weighted by atomic mass is 32.1. The van der Waals surface area contributed by atoms with Gasteiger partial charge in [-0.05, 0) is 49.3 Å². The Morgan fingerprint density at radius 3 is 2.63 bits per heavy atom. The van der Waals surface area contributed by atoms with Crippen molar-refractivity contribution in [2.24, 2.45) is 10.7 Å². The number of hydrogen-bond acceptors (Lipinski definition) is 3. The molecule has 102 valence electrons. The van der Waals surface area contributed by atoms with Crippen LogP contribution in [0.4, 0.5) is 5.69 Å². The van der Waals surface area contributed by atoms with E-state index in [-0.39, 0.29) is 0 Å². The largest absolute Gasteiger partial charge is 0.497 e. The maximum absolute atomic E-state index is 5.87. The van der Waals surface area contributed by atoms with Gasteiger partial charge < -0.3 is 10.5 Å². The summed E-state index contributed by atoms with van der Waals surface area (Å²) in [5, 5.41) is 0.339. The van der Waals surface area contributed by atoms with Gasteiger partial charge in [0.1, 0.15) is 11.6 Å². The van der Waals surface area contributed by atoms with E-state index in [1.54, 1.807) is 7.11 Å². The van der Waals surface area contributed by atoms with Crippen LogP contribution in [0.5, 0.6) is 5.75 Å². The molecule has 0 saturated carbocycles. The van der Waals surface area contributed by atoms with E-state index in [1.165, 1.54) is 6.42 Å². The van der Waals surface area contributed by atoms with E-state index in [0.717, 1.165) is 43.1 Å². The average molecular weight is 277 g/mol. The standard InChI is InChI=1S/C14H19N3OS/c1-18-12-8-6-11(7-9-12)17(14(15)19)13-5-3-2-4-10-16-13/h6-9H,2-5,10H2,1H3,(H2,15,19). The van der Waals surface area contributed by atoms with Crippen molar-refractivity contribution in [1.82, 2.24) is 0 Å². The summed E-state index contributed by atoms with van der Waals surface area (Å²) in [6.07, 6.45) is 4.40. The molecule has 1 aliphatic heterocycles. The Hall–Kier alpha value is -1.62. The molecule has 0 aromatic heterocycles. The molecule has 5 heteroatoms. The van der Waals surface area contributed by atoms with Crippen molar-refractivity contribution >= 4 is 28.9 Å². The zero-order valence-corrected chi connectivity index (χ0v) is 11.9. The molecule has 0 atom stereocenters. The topological polar surface area (TPSA) is 50.9 Å². The lowest BCUT2D eigenvalue weighted by molar-refractivity contribution is 0.415. The molecule has 0 unspecified atom stereocenters. The van der Waals surface area contributed by atoms with Gasteiger partial charge in [-0.1, -0.05) is 6.42 Å².